The third-order valence-corrected chi connectivity index (χ3v) is 7.34. The second-order valence-electron chi connectivity index (χ2n) is 9.24. The predicted molar refractivity (Wildman–Crippen MR) is 149 cm³/mol. The maximum Gasteiger partial charge on any atom is 0.258 e. The Morgan fingerprint density at radius 2 is 1.89 bits per heavy atom. The molecule has 0 saturated carbocycles. The van der Waals surface area contributed by atoms with Crippen LogP contribution in [0.3, 0.4) is 0 Å². The molecule has 0 aliphatic heterocycles. The Hall–Kier alpha value is -3.75. The van der Waals surface area contributed by atoms with Crippen molar-refractivity contribution in [3.63, 3.8) is 0 Å². The number of fused-ring (bicyclic) bond motifs is 1. The van der Waals surface area contributed by atoms with E-state index in [1.54, 1.807) is 18.0 Å². The lowest BCUT2D eigenvalue weighted by Gasteiger charge is -2.14. The average Bonchev–Trinajstić information content (AvgIpc) is 3.50. The van der Waals surface area contributed by atoms with Crippen molar-refractivity contribution in [3.8, 4) is 0 Å². The number of thiazole rings is 1. The van der Waals surface area contributed by atoms with Gasteiger partial charge in [-0.1, -0.05) is 50.7 Å². The summed E-state index contributed by atoms with van der Waals surface area (Å²) in [6.07, 6.45) is 5.67. The van der Waals surface area contributed by atoms with Crippen molar-refractivity contribution < 1.29 is 4.79 Å². The molecule has 1 amide bonds. The minimum atomic E-state index is -0.169. The number of carbonyl (C=O) groups excluding carboxylic acids is 1. The van der Waals surface area contributed by atoms with Crippen molar-refractivity contribution in [1.29, 1.82) is 0 Å². The number of rotatable bonds is 6. The number of pyridine rings is 1. The van der Waals surface area contributed by atoms with Crippen molar-refractivity contribution in [1.82, 2.24) is 20.2 Å². The summed E-state index contributed by atoms with van der Waals surface area (Å²) in [5.74, 6) is -0.169. The largest absolute Gasteiger partial charge is 0.298 e. The van der Waals surface area contributed by atoms with Gasteiger partial charge >= 0.3 is 0 Å². The summed E-state index contributed by atoms with van der Waals surface area (Å²) in [5.41, 5.74) is 4.17. The number of benzene rings is 2. The molecular weight excluding hydrogens is 486 g/mol. The Bertz CT molecular complexity index is 1550. The van der Waals surface area contributed by atoms with Crippen LogP contribution < -0.4 is 5.32 Å². The first kappa shape index (κ1) is 24.0. The molecule has 0 saturated heterocycles. The molecule has 0 unspecified atom stereocenters. The van der Waals surface area contributed by atoms with Gasteiger partial charge in [0.05, 0.1) is 28.2 Å². The lowest BCUT2D eigenvalue weighted by Crippen LogP contribution is -2.14. The molecule has 8 heteroatoms. The van der Waals surface area contributed by atoms with Crippen LogP contribution in [0.2, 0.25) is 0 Å². The summed E-state index contributed by atoms with van der Waals surface area (Å²) in [7, 11) is 0. The molecule has 6 nitrogen and oxygen atoms in total. The molecule has 5 aromatic rings. The predicted octanol–water partition coefficient (Wildman–Crippen LogP) is 7.29. The number of hydrogen-bond acceptors (Lipinski definition) is 6. The first-order valence-corrected chi connectivity index (χ1v) is 13.2. The normalized spacial score (nSPS) is 11.9. The highest BCUT2D eigenvalue weighted by Gasteiger charge is 2.19. The molecule has 36 heavy (non-hydrogen) atoms. The smallest absolute Gasteiger partial charge is 0.258 e. The number of nitrogens with zero attached hydrogens (tertiary/aromatic N) is 3. The standard InChI is InChI=1S/C28H25N5OS2/c1-28(2,3)25-17-35-27(30-25)31-26(34)21-9-4-5-10-24(21)36-19-12-13-20-22(32-33-23(20)16-19)14-11-18-8-6-7-15-29-18/h4-17H,1-3H3,(H,32,33)(H,30,31,34)/b14-11+. The minimum Gasteiger partial charge on any atom is -0.298 e. The quantitative estimate of drug-likeness (QED) is 0.250. The Labute approximate surface area is 217 Å². The zero-order valence-electron chi connectivity index (χ0n) is 20.1. The van der Waals surface area contributed by atoms with E-state index >= 15 is 0 Å². The number of aromatic amines is 1. The van der Waals surface area contributed by atoms with Crippen LogP contribution in [0.1, 0.15) is 48.2 Å². The average molecular weight is 512 g/mol. The molecule has 3 aromatic heterocycles. The van der Waals surface area contributed by atoms with Gasteiger partial charge in [0, 0.05) is 32.2 Å². The number of hydrogen-bond donors (Lipinski definition) is 2. The van der Waals surface area contributed by atoms with Crippen molar-refractivity contribution in [3.05, 3.63) is 94.9 Å². The van der Waals surface area contributed by atoms with Crippen molar-refractivity contribution in [2.45, 2.75) is 36.0 Å². The van der Waals surface area contributed by atoms with Crippen LogP contribution in [-0.4, -0.2) is 26.1 Å². The number of aromatic nitrogens is 4. The summed E-state index contributed by atoms with van der Waals surface area (Å²) in [4.78, 5) is 23.9. The molecule has 180 valence electrons. The van der Waals surface area contributed by atoms with Gasteiger partial charge in [0.2, 0.25) is 0 Å². The monoisotopic (exact) mass is 511 g/mol. The van der Waals surface area contributed by atoms with Crippen LogP contribution in [0.15, 0.2) is 82.0 Å². The summed E-state index contributed by atoms with van der Waals surface area (Å²) >= 11 is 2.99. The summed E-state index contributed by atoms with van der Waals surface area (Å²) in [6.45, 7) is 6.32. The SMILES string of the molecule is CC(C)(C)c1csc(NC(=O)c2ccccc2Sc2ccc3c(/C=C/c4ccccn4)n[nH]c3c2)n1. The summed E-state index contributed by atoms with van der Waals surface area (Å²) in [6, 6.07) is 19.6. The Kier molecular flexibility index (Phi) is 6.71. The number of amides is 1. The molecule has 0 aliphatic carbocycles. The molecule has 2 N–H and O–H groups in total. The van der Waals surface area contributed by atoms with Gasteiger partial charge in [-0.15, -0.1) is 11.3 Å². The van der Waals surface area contributed by atoms with Crippen LogP contribution in [-0.2, 0) is 5.41 Å². The second-order valence-corrected chi connectivity index (χ2v) is 11.2. The highest BCUT2D eigenvalue weighted by molar-refractivity contribution is 7.99. The molecular formula is C28H25N5OS2. The molecule has 5 rings (SSSR count). The zero-order chi connectivity index (χ0) is 25.1. The van der Waals surface area contributed by atoms with E-state index in [0.717, 1.165) is 37.8 Å². The van der Waals surface area contributed by atoms with Gasteiger partial charge in [-0.2, -0.15) is 5.10 Å². The Morgan fingerprint density at radius 3 is 2.67 bits per heavy atom. The van der Waals surface area contributed by atoms with Gasteiger partial charge < -0.3 is 0 Å². The fourth-order valence-electron chi connectivity index (χ4n) is 3.56. The van der Waals surface area contributed by atoms with Crippen LogP contribution in [0.25, 0.3) is 23.1 Å². The van der Waals surface area contributed by atoms with E-state index in [-0.39, 0.29) is 11.3 Å². The molecule has 0 radical (unpaired) electrons. The third-order valence-electron chi connectivity index (χ3n) is 5.52. The van der Waals surface area contributed by atoms with Gasteiger partial charge in [0.15, 0.2) is 5.13 Å². The van der Waals surface area contributed by atoms with E-state index in [0.29, 0.717) is 10.7 Å². The number of anilines is 1. The van der Waals surface area contributed by atoms with Crippen LogP contribution >= 0.6 is 23.1 Å². The minimum absolute atomic E-state index is 0.0629. The van der Waals surface area contributed by atoms with E-state index in [1.807, 2.05) is 72.1 Å². The summed E-state index contributed by atoms with van der Waals surface area (Å²) in [5, 5.41) is 14.2. The van der Waals surface area contributed by atoms with Crippen molar-refractivity contribution >= 4 is 57.2 Å². The third kappa shape index (κ3) is 5.40. The molecule has 3 heterocycles. The van der Waals surface area contributed by atoms with E-state index < -0.39 is 0 Å². The van der Waals surface area contributed by atoms with E-state index in [2.05, 4.69) is 52.3 Å². The lowest BCUT2D eigenvalue weighted by molar-refractivity contribution is 0.102. The van der Waals surface area contributed by atoms with E-state index in [9.17, 15) is 4.79 Å². The van der Waals surface area contributed by atoms with Gasteiger partial charge in [-0.25, -0.2) is 4.98 Å². The maximum absolute atomic E-state index is 13.1. The van der Waals surface area contributed by atoms with E-state index in [1.165, 1.54) is 11.3 Å². The maximum atomic E-state index is 13.1. The van der Waals surface area contributed by atoms with Gasteiger partial charge in [0.1, 0.15) is 0 Å². The highest BCUT2D eigenvalue weighted by atomic mass is 32.2. The van der Waals surface area contributed by atoms with Crippen LogP contribution in [0.5, 0.6) is 0 Å². The van der Waals surface area contributed by atoms with Gasteiger partial charge in [-0.05, 0) is 54.6 Å². The Balaban J connectivity index is 1.34. The fraction of sp³-hybridized carbons (Fsp3) is 0.143. The Morgan fingerprint density at radius 1 is 1.06 bits per heavy atom. The molecule has 2 aromatic carbocycles. The van der Waals surface area contributed by atoms with Crippen molar-refractivity contribution in [2.75, 3.05) is 5.32 Å². The number of carbonyl (C=O) groups is 1. The number of H-pyrrole nitrogens is 1. The molecule has 0 spiro atoms. The second kappa shape index (κ2) is 10.1. The molecule has 0 bridgehead atoms. The number of nitrogens with one attached hydrogen (secondary N) is 2. The van der Waals surface area contributed by atoms with Crippen LogP contribution in [0.4, 0.5) is 5.13 Å². The fourth-order valence-corrected chi connectivity index (χ4v) is 5.48. The first-order valence-electron chi connectivity index (χ1n) is 11.5. The topological polar surface area (TPSA) is 83.6 Å². The molecule has 0 atom stereocenters. The van der Waals surface area contributed by atoms with Gasteiger partial charge in [0.25, 0.3) is 5.91 Å². The summed E-state index contributed by atoms with van der Waals surface area (Å²) < 4.78 is 0. The molecule has 0 fully saturated rings. The first-order chi connectivity index (χ1) is 17.4. The van der Waals surface area contributed by atoms with Crippen molar-refractivity contribution in [2.24, 2.45) is 0 Å². The highest BCUT2D eigenvalue weighted by Crippen LogP contribution is 2.34. The van der Waals surface area contributed by atoms with Crippen LogP contribution in [0, 0.1) is 0 Å². The zero-order valence-corrected chi connectivity index (χ0v) is 21.8. The molecule has 0 aliphatic rings. The van der Waals surface area contributed by atoms with Gasteiger partial charge in [-0.3, -0.25) is 20.2 Å². The lowest BCUT2D eigenvalue weighted by atomic mass is 9.93. The van der Waals surface area contributed by atoms with E-state index in [4.69, 9.17) is 0 Å².